The van der Waals surface area contributed by atoms with E-state index in [1.54, 1.807) is 31.4 Å². The van der Waals surface area contributed by atoms with Crippen molar-refractivity contribution in [2.75, 3.05) is 30.8 Å². The number of sulfonamides is 1. The van der Waals surface area contributed by atoms with Crippen molar-refractivity contribution in [3.05, 3.63) is 108 Å². The lowest BCUT2D eigenvalue weighted by atomic mass is 10.0. The predicted octanol–water partition coefficient (Wildman–Crippen LogP) is 4.39. The number of ether oxygens (including phenoxy) is 1. The lowest BCUT2D eigenvalue weighted by Crippen LogP contribution is -2.53. The first kappa shape index (κ1) is 29.6. The smallest absolute Gasteiger partial charge is 0.244 e. The molecule has 0 heterocycles. The fourth-order valence-corrected chi connectivity index (χ4v) is 5.70. The molecule has 0 aliphatic rings. The van der Waals surface area contributed by atoms with Gasteiger partial charge in [0.05, 0.1) is 19.1 Å². The van der Waals surface area contributed by atoms with Crippen LogP contribution in [0.3, 0.4) is 0 Å². The molecule has 0 radical (unpaired) electrons. The van der Waals surface area contributed by atoms with Crippen LogP contribution in [0, 0.1) is 0 Å². The highest BCUT2D eigenvalue weighted by atomic mass is 32.2. The maximum atomic E-state index is 14.2. The van der Waals surface area contributed by atoms with Gasteiger partial charge in [-0.05, 0) is 41.6 Å². The van der Waals surface area contributed by atoms with E-state index in [-0.39, 0.29) is 18.9 Å². The second-order valence-electron chi connectivity index (χ2n) is 9.74. The van der Waals surface area contributed by atoms with Gasteiger partial charge in [0.1, 0.15) is 18.3 Å². The molecule has 4 aromatic carbocycles. The van der Waals surface area contributed by atoms with Crippen LogP contribution in [0.5, 0.6) is 5.75 Å². The minimum atomic E-state index is -3.87. The van der Waals surface area contributed by atoms with Crippen molar-refractivity contribution in [2.24, 2.45) is 0 Å². The van der Waals surface area contributed by atoms with Gasteiger partial charge in [0.15, 0.2) is 0 Å². The third kappa shape index (κ3) is 7.43. The minimum absolute atomic E-state index is 0.0812. The van der Waals surface area contributed by atoms with Crippen molar-refractivity contribution in [3.63, 3.8) is 0 Å². The Labute approximate surface area is 241 Å². The van der Waals surface area contributed by atoms with Crippen LogP contribution >= 0.6 is 0 Å². The van der Waals surface area contributed by atoms with Gasteiger partial charge >= 0.3 is 0 Å². The number of nitrogens with one attached hydrogen (secondary N) is 1. The number of hydrogen-bond acceptors (Lipinski definition) is 5. The number of carbonyl (C=O) groups excluding carboxylic acids is 2. The second kappa shape index (κ2) is 13.3. The van der Waals surface area contributed by atoms with Gasteiger partial charge < -0.3 is 15.0 Å². The molecule has 0 saturated heterocycles. The Balaban J connectivity index is 1.78. The monoisotopic (exact) mass is 573 g/mol. The number of amides is 2. The van der Waals surface area contributed by atoms with Crippen molar-refractivity contribution in [1.82, 2.24) is 10.2 Å². The third-order valence-corrected chi connectivity index (χ3v) is 7.95. The van der Waals surface area contributed by atoms with Crippen LogP contribution in [-0.2, 0) is 32.6 Å². The van der Waals surface area contributed by atoms with E-state index in [9.17, 15) is 18.0 Å². The summed E-state index contributed by atoms with van der Waals surface area (Å²) in [5.41, 5.74) is 2.02. The zero-order valence-electron chi connectivity index (χ0n) is 23.5. The highest BCUT2D eigenvalue weighted by Gasteiger charge is 2.33. The van der Waals surface area contributed by atoms with Gasteiger partial charge in [0.2, 0.25) is 21.8 Å². The summed E-state index contributed by atoms with van der Waals surface area (Å²) in [5, 5.41) is 4.42. The van der Waals surface area contributed by atoms with E-state index >= 15 is 0 Å². The molecule has 41 heavy (non-hydrogen) atoms. The maximum absolute atomic E-state index is 14.2. The molecule has 8 nitrogen and oxygen atoms in total. The Morgan fingerprint density at radius 2 is 1.54 bits per heavy atom. The van der Waals surface area contributed by atoms with Crippen LogP contribution in [0.4, 0.5) is 5.69 Å². The topological polar surface area (TPSA) is 96.0 Å². The van der Waals surface area contributed by atoms with E-state index in [1.807, 2.05) is 79.7 Å². The number of rotatable bonds is 12. The third-order valence-electron chi connectivity index (χ3n) is 6.82. The van der Waals surface area contributed by atoms with E-state index in [0.29, 0.717) is 23.4 Å². The number of likely N-dealkylation sites (N-methyl/N-ethyl adjacent to an activating group) is 1. The Hall–Kier alpha value is -4.37. The van der Waals surface area contributed by atoms with Crippen LogP contribution in [0.2, 0.25) is 0 Å². The van der Waals surface area contributed by atoms with Crippen LogP contribution in [0.15, 0.2) is 97.1 Å². The lowest BCUT2D eigenvalue weighted by Gasteiger charge is -2.33. The molecule has 0 aliphatic carbocycles. The van der Waals surface area contributed by atoms with E-state index < -0.39 is 28.5 Å². The lowest BCUT2D eigenvalue weighted by molar-refractivity contribution is -0.140. The van der Waals surface area contributed by atoms with Gasteiger partial charge in [-0.25, -0.2) is 8.42 Å². The number of carbonyl (C=O) groups is 2. The van der Waals surface area contributed by atoms with Gasteiger partial charge in [0, 0.05) is 24.9 Å². The second-order valence-corrected chi connectivity index (χ2v) is 11.6. The Morgan fingerprint density at radius 1 is 0.878 bits per heavy atom. The van der Waals surface area contributed by atoms with Crippen molar-refractivity contribution in [2.45, 2.75) is 25.9 Å². The molecule has 0 fully saturated rings. The zero-order valence-corrected chi connectivity index (χ0v) is 24.3. The molecular weight excluding hydrogens is 538 g/mol. The van der Waals surface area contributed by atoms with Crippen LogP contribution < -0.4 is 14.4 Å². The normalized spacial score (nSPS) is 12.0. The van der Waals surface area contributed by atoms with Crippen LogP contribution in [0.25, 0.3) is 10.8 Å². The molecular formula is C32H35N3O5S. The molecule has 0 bridgehead atoms. The standard InChI is InChI=1S/C32H35N3O5S/c1-4-33-32(37)30(21-24-12-6-5-7-13-24)34(22-25-14-10-17-27(20-25)40-2)31(36)23-35(41(3,38)39)29-19-11-16-26-15-8-9-18-28(26)29/h5-20,30H,4,21-23H2,1-3H3,(H,33,37)/t30-/m1/s1. The zero-order chi connectivity index (χ0) is 29.4. The van der Waals surface area contributed by atoms with Gasteiger partial charge in [-0.1, -0.05) is 78.9 Å². The summed E-state index contributed by atoms with van der Waals surface area (Å²) in [7, 11) is -2.31. The molecule has 0 unspecified atom stereocenters. The summed E-state index contributed by atoms with van der Waals surface area (Å²) < 4.78 is 32.8. The van der Waals surface area contributed by atoms with Crippen LogP contribution in [-0.4, -0.2) is 57.6 Å². The molecule has 0 spiro atoms. The molecule has 1 N–H and O–H groups in total. The number of methoxy groups -OCH3 is 1. The van der Waals surface area contributed by atoms with E-state index in [2.05, 4.69) is 5.32 Å². The Bertz CT molecular complexity index is 1600. The molecule has 214 valence electrons. The van der Waals surface area contributed by atoms with E-state index in [4.69, 9.17) is 4.74 Å². The molecule has 4 aromatic rings. The first-order chi connectivity index (χ1) is 19.7. The summed E-state index contributed by atoms with van der Waals surface area (Å²) in [4.78, 5) is 29.2. The van der Waals surface area contributed by atoms with Gasteiger partial charge in [-0.15, -0.1) is 0 Å². The Kier molecular flexibility index (Phi) is 9.62. The van der Waals surface area contributed by atoms with E-state index in [0.717, 1.165) is 27.1 Å². The van der Waals surface area contributed by atoms with Gasteiger partial charge in [-0.2, -0.15) is 0 Å². The summed E-state index contributed by atoms with van der Waals surface area (Å²) in [6, 6.07) is 28.6. The van der Waals surface area contributed by atoms with Crippen molar-refractivity contribution >= 4 is 38.3 Å². The molecule has 2 amide bonds. The molecule has 0 aliphatic heterocycles. The summed E-state index contributed by atoms with van der Waals surface area (Å²) in [6.45, 7) is 1.81. The average molecular weight is 574 g/mol. The summed E-state index contributed by atoms with van der Waals surface area (Å²) in [6.07, 6.45) is 1.34. The van der Waals surface area contributed by atoms with Crippen molar-refractivity contribution in [1.29, 1.82) is 0 Å². The number of nitrogens with zero attached hydrogens (tertiary/aromatic N) is 2. The summed E-state index contributed by atoms with van der Waals surface area (Å²) >= 11 is 0. The number of anilines is 1. The number of fused-ring (bicyclic) bond motifs is 1. The van der Waals surface area contributed by atoms with Gasteiger partial charge in [0.25, 0.3) is 0 Å². The van der Waals surface area contributed by atoms with Gasteiger partial charge in [-0.3, -0.25) is 13.9 Å². The first-order valence-corrected chi connectivity index (χ1v) is 15.3. The van der Waals surface area contributed by atoms with Crippen LogP contribution in [0.1, 0.15) is 18.1 Å². The molecule has 0 aromatic heterocycles. The first-order valence-electron chi connectivity index (χ1n) is 13.4. The highest BCUT2D eigenvalue weighted by molar-refractivity contribution is 7.92. The average Bonchev–Trinajstić information content (AvgIpc) is 2.97. The van der Waals surface area contributed by atoms with Crippen molar-refractivity contribution in [3.8, 4) is 5.75 Å². The quantitative estimate of drug-likeness (QED) is 0.271. The largest absolute Gasteiger partial charge is 0.497 e. The highest BCUT2D eigenvalue weighted by Crippen LogP contribution is 2.29. The van der Waals surface area contributed by atoms with E-state index in [1.165, 1.54) is 4.90 Å². The fraction of sp³-hybridized carbons (Fsp3) is 0.250. The maximum Gasteiger partial charge on any atom is 0.244 e. The Morgan fingerprint density at radius 3 is 2.24 bits per heavy atom. The molecule has 0 saturated carbocycles. The fourth-order valence-electron chi connectivity index (χ4n) is 4.83. The SMILES string of the molecule is CCNC(=O)[C@@H](Cc1ccccc1)N(Cc1cccc(OC)c1)C(=O)CN(c1cccc2ccccc12)S(C)(=O)=O. The summed E-state index contributed by atoms with van der Waals surface area (Å²) in [5.74, 6) is -0.205. The predicted molar refractivity (Wildman–Crippen MR) is 162 cm³/mol. The minimum Gasteiger partial charge on any atom is -0.497 e. The van der Waals surface area contributed by atoms with Crippen molar-refractivity contribution < 1.29 is 22.7 Å². The molecule has 4 rings (SSSR count). The number of benzene rings is 4. The number of hydrogen-bond donors (Lipinski definition) is 1. The molecule has 1 atom stereocenters. The molecule has 9 heteroatoms.